The van der Waals surface area contributed by atoms with Crippen molar-refractivity contribution in [1.82, 2.24) is 0 Å². The first-order valence-electron chi connectivity index (χ1n) is 8.36. The van der Waals surface area contributed by atoms with Crippen LogP contribution in [0.5, 0.6) is 0 Å². The molecule has 2 rings (SSSR count). The number of carbonyl (C=O) groups excluding carboxylic acids is 1. The van der Waals surface area contributed by atoms with Crippen molar-refractivity contribution in [2.75, 3.05) is 0 Å². The van der Waals surface area contributed by atoms with E-state index in [-0.39, 0.29) is 16.8 Å². The lowest BCUT2D eigenvalue weighted by atomic mass is 9.62. The maximum atomic E-state index is 12.0. The largest absolute Gasteiger partial charge is 0.408 e. The van der Waals surface area contributed by atoms with Gasteiger partial charge in [-0.05, 0) is 76.9 Å². The summed E-state index contributed by atoms with van der Waals surface area (Å²) in [5.41, 5.74) is 2.22. The quantitative estimate of drug-likeness (QED) is 0.515. The summed E-state index contributed by atoms with van der Waals surface area (Å²) in [6.07, 6.45) is 12.2. The van der Waals surface area contributed by atoms with E-state index in [0.717, 1.165) is 19.3 Å². The molecule has 0 aromatic rings. The summed E-state index contributed by atoms with van der Waals surface area (Å²) in [5.74, 6) is 0.107. The second-order valence-corrected chi connectivity index (χ2v) is 12.7. The molecule has 22 heavy (non-hydrogen) atoms. The highest BCUT2D eigenvalue weighted by molar-refractivity contribution is 6.69. The van der Waals surface area contributed by atoms with Crippen LogP contribution >= 0.6 is 0 Å². The third-order valence-electron chi connectivity index (χ3n) is 4.61. The van der Waals surface area contributed by atoms with Crippen LogP contribution in [0, 0.1) is 5.41 Å². The zero-order valence-corrected chi connectivity index (χ0v) is 16.0. The Morgan fingerprint density at radius 2 is 1.95 bits per heavy atom. The lowest BCUT2D eigenvalue weighted by molar-refractivity contribution is -0.111. The normalized spacial score (nSPS) is 27.2. The zero-order chi connectivity index (χ0) is 16.6. The van der Waals surface area contributed by atoms with E-state index in [1.54, 1.807) is 6.08 Å². The van der Waals surface area contributed by atoms with Crippen LogP contribution < -0.4 is 0 Å². The highest BCUT2D eigenvalue weighted by atomic mass is 28.4. The van der Waals surface area contributed by atoms with E-state index in [9.17, 15) is 4.79 Å². The average molecular weight is 319 g/mol. The van der Waals surface area contributed by atoms with Crippen molar-refractivity contribution in [3.05, 3.63) is 35.5 Å². The van der Waals surface area contributed by atoms with Gasteiger partial charge in [-0.25, -0.2) is 0 Å². The Morgan fingerprint density at radius 3 is 2.41 bits per heavy atom. The van der Waals surface area contributed by atoms with Gasteiger partial charge in [0.2, 0.25) is 0 Å². The molecule has 2 aliphatic rings. The fraction of sp³-hybridized carbons (Fsp3) is 0.632. The molecule has 2 aliphatic carbocycles. The van der Waals surface area contributed by atoms with Gasteiger partial charge in [0.25, 0.3) is 0 Å². The van der Waals surface area contributed by atoms with Gasteiger partial charge in [0, 0.05) is 5.41 Å². The molecular formula is C19H30O2Si. The van der Waals surface area contributed by atoms with Crippen molar-refractivity contribution in [3.63, 3.8) is 0 Å². The second-order valence-electron chi connectivity index (χ2n) is 8.26. The first kappa shape index (κ1) is 17.4. The Bertz CT molecular complexity index is 540. The summed E-state index contributed by atoms with van der Waals surface area (Å²) >= 11 is 0. The lowest BCUT2D eigenvalue weighted by Crippen LogP contribution is -2.52. The first-order valence-corrected chi connectivity index (χ1v) is 11.8. The third kappa shape index (κ3) is 3.69. The molecule has 0 spiro atoms. The lowest BCUT2D eigenvalue weighted by Gasteiger charge is -2.52. The van der Waals surface area contributed by atoms with Crippen molar-refractivity contribution in [1.29, 1.82) is 0 Å². The molecule has 0 saturated heterocycles. The molecule has 0 N–H and O–H groups in total. The molecule has 0 bridgehead atoms. The van der Waals surface area contributed by atoms with Gasteiger partial charge in [-0.2, -0.15) is 0 Å². The van der Waals surface area contributed by atoms with Gasteiger partial charge in [0.1, 0.15) is 0 Å². The van der Waals surface area contributed by atoms with E-state index < -0.39 is 8.32 Å². The fourth-order valence-electron chi connectivity index (χ4n) is 3.47. The molecule has 1 fully saturated rings. The van der Waals surface area contributed by atoms with Gasteiger partial charge in [-0.15, -0.1) is 0 Å². The van der Waals surface area contributed by atoms with Crippen molar-refractivity contribution >= 4 is 14.1 Å². The molecule has 2 nitrogen and oxygen atoms in total. The predicted molar refractivity (Wildman–Crippen MR) is 95.4 cm³/mol. The molecule has 3 heteroatoms. The summed E-state index contributed by atoms with van der Waals surface area (Å²) < 4.78 is 6.62. The predicted octanol–water partition coefficient (Wildman–Crippen LogP) is 5.19. The molecule has 122 valence electrons. The molecule has 0 aromatic heterocycles. The van der Waals surface area contributed by atoms with Crippen LogP contribution in [-0.4, -0.2) is 19.7 Å². The summed E-state index contributed by atoms with van der Waals surface area (Å²) in [7, 11) is -1.67. The maximum absolute atomic E-state index is 12.0. The second kappa shape index (κ2) is 5.93. The summed E-state index contributed by atoms with van der Waals surface area (Å²) in [4.78, 5) is 12.0. The van der Waals surface area contributed by atoms with Gasteiger partial charge >= 0.3 is 0 Å². The van der Waals surface area contributed by atoms with E-state index in [4.69, 9.17) is 4.43 Å². The smallest absolute Gasteiger partial charge is 0.184 e. The SMILES string of the molecule is CC(C)=CCC1(C)C=CC(=O)C=C1C1(O[Si](C)(C)C)CCC1. The molecule has 1 unspecified atom stereocenters. The van der Waals surface area contributed by atoms with Crippen LogP contribution in [0.15, 0.2) is 35.5 Å². The first-order chi connectivity index (χ1) is 10.1. The van der Waals surface area contributed by atoms with Gasteiger partial charge in [-0.1, -0.05) is 24.6 Å². The zero-order valence-electron chi connectivity index (χ0n) is 15.0. The minimum Gasteiger partial charge on any atom is -0.408 e. The van der Waals surface area contributed by atoms with Crippen LogP contribution in [0.25, 0.3) is 0 Å². The number of allylic oxidation sites excluding steroid dienone is 5. The minimum atomic E-state index is -1.67. The van der Waals surface area contributed by atoms with Gasteiger partial charge in [0.05, 0.1) is 5.60 Å². The fourth-order valence-corrected chi connectivity index (χ4v) is 4.95. The van der Waals surface area contributed by atoms with Crippen molar-refractivity contribution in [2.24, 2.45) is 5.41 Å². The number of hydrogen-bond acceptors (Lipinski definition) is 2. The summed E-state index contributed by atoms with van der Waals surface area (Å²) in [6, 6.07) is 0. The molecule has 0 amide bonds. The number of hydrogen-bond donors (Lipinski definition) is 0. The number of carbonyl (C=O) groups is 1. The topological polar surface area (TPSA) is 26.3 Å². The molecule has 0 aliphatic heterocycles. The standard InChI is InChI=1S/C19H30O2Si/c1-15(2)8-12-18(3)13-9-16(20)14-17(18)19(10-7-11-19)21-22(4,5)6/h8-9,13-14H,7,10-12H2,1-6H3. The summed E-state index contributed by atoms with van der Waals surface area (Å²) in [6.45, 7) is 13.2. The van der Waals surface area contributed by atoms with E-state index in [1.165, 1.54) is 17.6 Å². The Kier molecular flexibility index (Phi) is 4.70. The van der Waals surface area contributed by atoms with E-state index >= 15 is 0 Å². The highest BCUT2D eigenvalue weighted by Crippen LogP contribution is 2.52. The van der Waals surface area contributed by atoms with Crippen molar-refractivity contribution < 1.29 is 9.22 Å². The van der Waals surface area contributed by atoms with Crippen LogP contribution in [0.1, 0.15) is 46.5 Å². The molecule has 1 atom stereocenters. The van der Waals surface area contributed by atoms with E-state index in [2.05, 4.69) is 52.6 Å². The Hall–Kier alpha value is -0.933. The Balaban J connectivity index is 2.39. The number of rotatable bonds is 5. The highest BCUT2D eigenvalue weighted by Gasteiger charge is 2.50. The van der Waals surface area contributed by atoms with E-state index in [1.807, 2.05) is 6.08 Å². The number of ketones is 1. The van der Waals surface area contributed by atoms with Crippen molar-refractivity contribution in [2.45, 2.75) is 71.7 Å². The molecule has 1 saturated carbocycles. The molecule has 0 aromatic carbocycles. The van der Waals surface area contributed by atoms with Gasteiger partial charge < -0.3 is 4.43 Å². The molecule has 0 radical (unpaired) electrons. The Labute approximate surface area is 136 Å². The van der Waals surface area contributed by atoms with Gasteiger partial charge in [-0.3, -0.25) is 4.79 Å². The molecule has 0 heterocycles. The summed E-state index contributed by atoms with van der Waals surface area (Å²) in [5, 5.41) is 0. The van der Waals surface area contributed by atoms with Crippen LogP contribution in [0.4, 0.5) is 0 Å². The van der Waals surface area contributed by atoms with Crippen LogP contribution in [0.3, 0.4) is 0 Å². The van der Waals surface area contributed by atoms with Gasteiger partial charge in [0.15, 0.2) is 14.1 Å². The maximum Gasteiger partial charge on any atom is 0.184 e. The van der Waals surface area contributed by atoms with Crippen molar-refractivity contribution in [3.8, 4) is 0 Å². The Morgan fingerprint density at radius 1 is 1.32 bits per heavy atom. The molecular weight excluding hydrogens is 288 g/mol. The third-order valence-corrected chi connectivity index (χ3v) is 5.61. The monoisotopic (exact) mass is 318 g/mol. The van der Waals surface area contributed by atoms with E-state index in [0.29, 0.717) is 0 Å². The van der Waals surface area contributed by atoms with Crippen LogP contribution in [0.2, 0.25) is 19.6 Å². The van der Waals surface area contributed by atoms with Crippen LogP contribution in [-0.2, 0) is 9.22 Å². The average Bonchev–Trinajstić information content (AvgIpc) is 2.34. The minimum absolute atomic E-state index is 0.106.